The molecule has 2 aromatic rings. The maximum Gasteiger partial charge on any atom is 0.344 e. The minimum absolute atomic E-state index is 0.131. The number of aromatic amines is 1. The second-order valence-electron chi connectivity index (χ2n) is 4.77. The Morgan fingerprint density at radius 1 is 1.36 bits per heavy atom. The van der Waals surface area contributed by atoms with Crippen molar-refractivity contribution in [1.82, 2.24) is 4.98 Å². The quantitative estimate of drug-likeness (QED) is 0.682. The Hall–Kier alpha value is -2.54. The van der Waals surface area contributed by atoms with Crippen LogP contribution in [-0.2, 0) is 25.5 Å². The summed E-state index contributed by atoms with van der Waals surface area (Å²) in [7, 11) is 0. The molecule has 0 aliphatic carbocycles. The van der Waals surface area contributed by atoms with Crippen LogP contribution in [0.2, 0.25) is 0 Å². The van der Waals surface area contributed by atoms with E-state index in [-0.39, 0.29) is 18.8 Å². The number of fused-ring (bicyclic) bond motifs is 1. The van der Waals surface area contributed by atoms with Gasteiger partial charge in [-0.25, -0.2) is 4.79 Å². The summed E-state index contributed by atoms with van der Waals surface area (Å²) in [6.07, 6.45) is 1.95. The number of ether oxygens (including phenoxy) is 2. The van der Waals surface area contributed by atoms with Gasteiger partial charge in [0, 0.05) is 23.5 Å². The molecule has 0 amide bonds. The number of hydrogen-bond donors (Lipinski definition) is 3. The number of rotatable bonds is 6. The molecular weight excluding hydrogens is 288 g/mol. The number of hydrogen-bond acceptors (Lipinski definition) is 6. The molecule has 1 unspecified atom stereocenters. The van der Waals surface area contributed by atoms with Crippen LogP contribution < -0.4 is 5.73 Å². The van der Waals surface area contributed by atoms with Crippen LogP contribution in [0, 0.1) is 0 Å². The normalized spacial score (nSPS) is 12.1. The van der Waals surface area contributed by atoms with E-state index in [9.17, 15) is 14.7 Å². The van der Waals surface area contributed by atoms with E-state index in [0.717, 1.165) is 16.5 Å². The van der Waals surface area contributed by atoms with Crippen LogP contribution in [0.3, 0.4) is 0 Å². The summed E-state index contributed by atoms with van der Waals surface area (Å²) in [6, 6.07) is 3.99. The number of H-pyrrole nitrogens is 1. The third-order valence-electron chi connectivity index (χ3n) is 3.13. The Labute approximate surface area is 127 Å². The summed E-state index contributed by atoms with van der Waals surface area (Å²) >= 11 is 0. The molecule has 1 heterocycles. The summed E-state index contributed by atoms with van der Waals surface area (Å²) in [6.45, 7) is 1.44. The summed E-state index contributed by atoms with van der Waals surface area (Å²) in [5, 5.41) is 10.3. The largest absolute Gasteiger partial charge is 0.508 e. The highest BCUT2D eigenvalue weighted by Crippen LogP contribution is 2.23. The molecule has 4 N–H and O–H groups in total. The predicted molar refractivity (Wildman–Crippen MR) is 79.2 cm³/mol. The van der Waals surface area contributed by atoms with E-state index in [1.54, 1.807) is 31.3 Å². The molecule has 118 valence electrons. The number of phenolic OH excluding ortho intramolecular Hbond substituents is 1. The molecule has 7 heteroatoms. The van der Waals surface area contributed by atoms with E-state index in [0.29, 0.717) is 0 Å². The van der Waals surface area contributed by atoms with Crippen LogP contribution in [0.15, 0.2) is 24.4 Å². The van der Waals surface area contributed by atoms with Gasteiger partial charge < -0.3 is 25.3 Å². The SMILES string of the molecule is CCOC(=O)COC(=O)C(N)Cc1c[nH]c2ccc(O)cc12. The van der Waals surface area contributed by atoms with Gasteiger partial charge in [0.15, 0.2) is 6.61 Å². The first-order valence-corrected chi connectivity index (χ1v) is 6.88. The van der Waals surface area contributed by atoms with E-state index in [1.165, 1.54) is 0 Å². The second-order valence-corrected chi connectivity index (χ2v) is 4.77. The van der Waals surface area contributed by atoms with Crippen molar-refractivity contribution < 1.29 is 24.2 Å². The van der Waals surface area contributed by atoms with E-state index in [2.05, 4.69) is 9.72 Å². The van der Waals surface area contributed by atoms with Crippen LogP contribution >= 0.6 is 0 Å². The molecule has 7 nitrogen and oxygen atoms in total. The van der Waals surface area contributed by atoms with Gasteiger partial charge in [-0.2, -0.15) is 0 Å². The lowest BCUT2D eigenvalue weighted by Crippen LogP contribution is -2.35. The van der Waals surface area contributed by atoms with Crippen molar-refractivity contribution in [2.45, 2.75) is 19.4 Å². The fraction of sp³-hybridized carbons (Fsp3) is 0.333. The van der Waals surface area contributed by atoms with Gasteiger partial charge in [0.1, 0.15) is 11.8 Å². The highest BCUT2D eigenvalue weighted by molar-refractivity contribution is 5.86. The lowest BCUT2D eigenvalue weighted by atomic mass is 10.1. The summed E-state index contributed by atoms with van der Waals surface area (Å²) in [4.78, 5) is 25.9. The molecule has 1 aromatic heterocycles. The van der Waals surface area contributed by atoms with Gasteiger partial charge in [0.05, 0.1) is 6.61 Å². The molecule has 1 atom stereocenters. The topological polar surface area (TPSA) is 115 Å². The average molecular weight is 306 g/mol. The molecule has 0 bridgehead atoms. The molecule has 1 aromatic carbocycles. The smallest absolute Gasteiger partial charge is 0.344 e. The monoisotopic (exact) mass is 306 g/mol. The molecule has 0 spiro atoms. The number of nitrogens with one attached hydrogen (secondary N) is 1. The fourth-order valence-corrected chi connectivity index (χ4v) is 2.10. The van der Waals surface area contributed by atoms with Gasteiger partial charge in [-0.1, -0.05) is 0 Å². The zero-order chi connectivity index (χ0) is 16.1. The van der Waals surface area contributed by atoms with Gasteiger partial charge in [0.2, 0.25) is 0 Å². The summed E-state index contributed by atoms with van der Waals surface area (Å²) < 4.78 is 9.46. The van der Waals surface area contributed by atoms with Crippen molar-refractivity contribution in [3.05, 3.63) is 30.0 Å². The van der Waals surface area contributed by atoms with E-state index in [1.807, 2.05) is 0 Å². The third-order valence-corrected chi connectivity index (χ3v) is 3.13. The van der Waals surface area contributed by atoms with Gasteiger partial charge in [-0.05, 0) is 30.7 Å². The molecule has 0 fully saturated rings. The zero-order valence-corrected chi connectivity index (χ0v) is 12.2. The zero-order valence-electron chi connectivity index (χ0n) is 12.2. The molecular formula is C15H18N2O5. The number of aromatic hydroxyl groups is 1. The van der Waals surface area contributed by atoms with Crippen LogP contribution in [-0.4, -0.2) is 41.3 Å². The lowest BCUT2D eigenvalue weighted by molar-refractivity contribution is -0.159. The van der Waals surface area contributed by atoms with Crippen molar-refractivity contribution in [3.63, 3.8) is 0 Å². The van der Waals surface area contributed by atoms with Crippen molar-refractivity contribution in [2.75, 3.05) is 13.2 Å². The molecule has 0 radical (unpaired) electrons. The number of nitrogens with two attached hydrogens (primary N) is 1. The maximum atomic E-state index is 11.8. The van der Waals surface area contributed by atoms with E-state index < -0.39 is 24.6 Å². The highest BCUT2D eigenvalue weighted by atomic mass is 16.6. The second kappa shape index (κ2) is 6.95. The number of esters is 2. The average Bonchev–Trinajstić information content (AvgIpc) is 2.87. The Morgan fingerprint density at radius 2 is 2.14 bits per heavy atom. The van der Waals surface area contributed by atoms with Gasteiger partial charge in [0.25, 0.3) is 0 Å². The van der Waals surface area contributed by atoms with Gasteiger partial charge >= 0.3 is 11.9 Å². The van der Waals surface area contributed by atoms with Crippen molar-refractivity contribution in [3.8, 4) is 5.75 Å². The summed E-state index contributed by atoms with van der Waals surface area (Å²) in [5.74, 6) is -1.16. The molecule has 22 heavy (non-hydrogen) atoms. The Kier molecular flexibility index (Phi) is 5.00. The molecule has 0 aliphatic rings. The predicted octanol–water partition coefficient (Wildman–Crippen LogP) is 0.850. The van der Waals surface area contributed by atoms with Gasteiger partial charge in [-0.3, -0.25) is 4.79 Å². The first-order chi connectivity index (χ1) is 10.5. The van der Waals surface area contributed by atoms with Gasteiger partial charge in [-0.15, -0.1) is 0 Å². The highest BCUT2D eigenvalue weighted by Gasteiger charge is 2.19. The minimum Gasteiger partial charge on any atom is -0.508 e. The molecule has 0 saturated carbocycles. The maximum absolute atomic E-state index is 11.8. The number of benzene rings is 1. The lowest BCUT2D eigenvalue weighted by Gasteiger charge is -2.10. The third kappa shape index (κ3) is 3.76. The van der Waals surface area contributed by atoms with Crippen LogP contribution in [0.5, 0.6) is 5.75 Å². The van der Waals surface area contributed by atoms with E-state index in [4.69, 9.17) is 10.5 Å². The standard InChI is InChI=1S/C15H18N2O5/c1-2-21-14(19)8-22-15(20)12(16)5-9-7-17-13-4-3-10(18)6-11(9)13/h3-4,6-7,12,17-18H,2,5,8,16H2,1H3. The number of phenols is 1. The number of aromatic nitrogens is 1. The Morgan fingerprint density at radius 3 is 2.86 bits per heavy atom. The van der Waals surface area contributed by atoms with Crippen LogP contribution in [0.1, 0.15) is 12.5 Å². The molecule has 2 rings (SSSR count). The molecule has 0 saturated heterocycles. The molecule has 0 aliphatic heterocycles. The van der Waals surface area contributed by atoms with Crippen LogP contribution in [0.25, 0.3) is 10.9 Å². The first kappa shape index (κ1) is 15.8. The minimum atomic E-state index is -0.907. The van der Waals surface area contributed by atoms with Crippen molar-refractivity contribution in [1.29, 1.82) is 0 Å². The Bertz CT molecular complexity index is 680. The van der Waals surface area contributed by atoms with Crippen molar-refractivity contribution >= 4 is 22.8 Å². The van der Waals surface area contributed by atoms with E-state index >= 15 is 0 Å². The van der Waals surface area contributed by atoms with Crippen molar-refractivity contribution in [2.24, 2.45) is 5.73 Å². The first-order valence-electron chi connectivity index (χ1n) is 6.88. The number of carbonyl (C=O) groups is 2. The Balaban J connectivity index is 1.98. The van der Waals surface area contributed by atoms with Crippen LogP contribution in [0.4, 0.5) is 0 Å². The summed E-state index contributed by atoms with van der Waals surface area (Å²) in [5.41, 5.74) is 7.41. The number of carbonyl (C=O) groups excluding carboxylic acids is 2. The fourth-order valence-electron chi connectivity index (χ4n) is 2.10.